The van der Waals surface area contributed by atoms with E-state index in [0.717, 1.165) is 25.7 Å². The van der Waals surface area contributed by atoms with Crippen LogP contribution in [0.4, 0.5) is 11.4 Å². The van der Waals surface area contributed by atoms with Crippen LogP contribution in [0, 0.1) is 5.92 Å². The normalized spacial score (nSPS) is 18.6. The number of hydrogen-bond acceptors (Lipinski definition) is 3. The Labute approximate surface area is 117 Å². The van der Waals surface area contributed by atoms with Gasteiger partial charge in [-0.3, -0.25) is 9.59 Å². The van der Waals surface area contributed by atoms with Crippen molar-refractivity contribution in [1.82, 2.24) is 0 Å². The number of hydrogen-bond donors (Lipinski definition) is 1. The van der Waals surface area contributed by atoms with Gasteiger partial charge in [0.15, 0.2) is 6.61 Å². The lowest BCUT2D eigenvalue weighted by atomic mass is 10.1. The number of anilines is 2. The van der Waals surface area contributed by atoms with Gasteiger partial charge >= 0.3 is 0 Å². The van der Waals surface area contributed by atoms with Crippen LogP contribution in [-0.2, 0) is 9.59 Å². The number of amides is 2. The second kappa shape index (κ2) is 5.15. The third-order valence-electron chi connectivity index (χ3n) is 4.04. The molecule has 5 nitrogen and oxygen atoms in total. The fourth-order valence-electron chi connectivity index (χ4n) is 2.87. The third-order valence-corrected chi connectivity index (χ3v) is 4.04. The average molecular weight is 274 g/mol. The molecule has 0 radical (unpaired) electrons. The lowest BCUT2D eigenvalue weighted by molar-refractivity contribution is -0.121. The fourth-order valence-corrected chi connectivity index (χ4v) is 2.87. The zero-order valence-electron chi connectivity index (χ0n) is 11.5. The molecule has 1 heterocycles. The number of rotatable bonds is 2. The van der Waals surface area contributed by atoms with Gasteiger partial charge in [0.2, 0.25) is 5.91 Å². The summed E-state index contributed by atoms with van der Waals surface area (Å²) in [5.41, 5.74) is 1.30. The number of nitrogens with one attached hydrogen (secondary N) is 1. The van der Waals surface area contributed by atoms with E-state index in [1.165, 1.54) is 0 Å². The number of ether oxygens (including phenoxy) is 1. The molecular formula is C15H18N2O3. The fraction of sp³-hybridized carbons (Fsp3) is 0.467. The Bertz CT molecular complexity index is 550. The first-order valence-corrected chi connectivity index (χ1v) is 7.00. The molecule has 106 valence electrons. The molecule has 0 atom stereocenters. The number of fused-ring (bicyclic) bond motifs is 1. The number of nitrogens with zero attached hydrogens (tertiary/aromatic N) is 1. The van der Waals surface area contributed by atoms with Crippen molar-refractivity contribution in [2.75, 3.05) is 23.9 Å². The Morgan fingerprint density at radius 2 is 2.10 bits per heavy atom. The van der Waals surface area contributed by atoms with Gasteiger partial charge in [0.05, 0.1) is 5.69 Å². The van der Waals surface area contributed by atoms with Crippen LogP contribution in [0.3, 0.4) is 0 Å². The molecule has 1 aromatic carbocycles. The maximum atomic E-state index is 12.2. The zero-order chi connectivity index (χ0) is 14.1. The molecule has 2 amide bonds. The van der Waals surface area contributed by atoms with E-state index < -0.39 is 0 Å². The Morgan fingerprint density at radius 3 is 2.85 bits per heavy atom. The molecule has 5 heteroatoms. The standard InChI is InChI=1S/C15H18N2O3/c1-17-13(18)9-20-12-8-4-7-11(14(12)17)16-15(19)10-5-2-3-6-10/h4,7-8,10H,2-3,5-6,9H2,1H3,(H,16,19). The minimum absolute atomic E-state index is 0.0438. The number of benzene rings is 1. The van der Waals surface area contributed by atoms with Crippen molar-refractivity contribution in [3.63, 3.8) is 0 Å². The van der Waals surface area contributed by atoms with Crippen molar-refractivity contribution in [1.29, 1.82) is 0 Å². The maximum Gasteiger partial charge on any atom is 0.264 e. The SMILES string of the molecule is CN1C(=O)COc2cccc(NC(=O)C3CCCC3)c21. The van der Waals surface area contributed by atoms with Crippen LogP contribution in [0.2, 0.25) is 0 Å². The summed E-state index contributed by atoms with van der Waals surface area (Å²) in [5.74, 6) is 0.662. The maximum absolute atomic E-state index is 12.2. The summed E-state index contributed by atoms with van der Waals surface area (Å²) in [7, 11) is 1.70. The zero-order valence-corrected chi connectivity index (χ0v) is 11.5. The first kappa shape index (κ1) is 13.0. The van der Waals surface area contributed by atoms with Crippen LogP contribution < -0.4 is 15.0 Å². The molecule has 20 heavy (non-hydrogen) atoms. The minimum atomic E-state index is -0.111. The summed E-state index contributed by atoms with van der Waals surface area (Å²) in [6.45, 7) is 0.0452. The van der Waals surface area contributed by atoms with Crippen LogP contribution in [0.5, 0.6) is 5.75 Å². The average Bonchev–Trinajstić information content (AvgIpc) is 2.97. The molecule has 1 aliphatic carbocycles. The van der Waals surface area contributed by atoms with Crippen molar-refractivity contribution in [3.8, 4) is 5.75 Å². The highest BCUT2D eigenvalue weighted by Gasteiger charge is 2.28. The molecular weight excluding hydrogens is 256 g/mol. The van der Waals surface area contributed by atoms with E-state index >= 15 is 0 Å². The van der Waals surface area contributed by atoms with E-state index in [1.54, 1.807) is 11.9 Å². The Hall–Kier alpha value is -2.04. The van der Waals surface area contributed by atoms with E-state index in [4.69, 9.17) is 4.74 Å². The van der Waals surface area contributed by atoms with Crippen LogP contribution >= 0.6 is 0 Å². The smallest absolute Gasteiger partial charge is 0.264 e. The first-order valence-electron chi connectivity index (χ1n) is 7.00. The van der Waals surface area contributed by atoms with E-state index in [9.17, 15) is 9.59 Å². The van der Waals surface area contributed by atoms with Gasteiger partial charge in [0.25, 0.3) is 5.91 Å². The number of para-hydroxylation sites is 1. The van der Waals surface area contributed by atoms with Crippen molar-refractivity contribution in [3.05, 3.63) is 18.2 Å². The largest absolute Gasteiger partial charge is 0.481 e. The van der Waals surface area contributed by atoms with Crippen molar-refractivity contribution >= 4 is 23.2 Å². The van der Waals surface area contributed by atoms with E-state index in [2.05, 4.69) is 5.32 Å². The molecule has 0 spiro atoms. The molecule has 1 aliphatic heterocycles. The van der Waals surface area contributed by atoms with Gasteiger partial charge in [0, 0.05) is 13.0 Å². The highest BCUT2D eigenvalue weighted by Crippen LogP contribution is 2.38. The van der Waals surface area contributed by atoms with Gasteiger partial charge in [-0.1, -0.05) is 18.9 Å². The molecule has 1 N–H and O–H groups in total. The van der Waals surface area contributed by atoms with Gasteiger partial charge in [-0.25, -0.2) is 0 Å². The van der Waals surface area contributed by atoms with Crippen molar-refractivity contribution in [2.24, 2.45) is 5.92 Å². The summed E-state index contributed by atoms with van der Waals surface area (Å²) in [6.07, 6.45) is 4.14. The summed E-state index contributed by atoms with van der Waals surface area (Å²) < 4.78 is 5.41. The van der Waals surface area contributed by atoms with Crippen molar-refractivity contribution in [2.45, 2.75) is 25.7 Å². The van der Waals surface area contributed by atoms with Crippen LogP contribution in [0.1, 0.15) is 25.7 Å². The summed E-state index contributed by atoms with van der Waals surface area (Å²) in [6, 6.07) is 5.44. The summed E-state index contributed by atoms with van der Waals surface area (Å²) in [4.78, 5) is 25.5. The lowest BCUT2D eigenvalue weighted by Crippen LogP contribution is -2.36. The minimum Gasteiger partial charge on any atom is -0.481 e. The molecule has 0 aromatic heterocycles. The predicted octanol–water partition coefficient (Wildman–Crippen LogP) is 2.17. The molecule has 1 aromatic rings. The summed E-state index contributed by atoms with van der Waals surface area (Å²) in [5, 5.41) is 2.95. The van der Waals surface area contributed by atoms with Crippen LogP contribution in [-0.4, -0.2) is 25.5 Å². The molecule has 1 saturated carbocycles. The van der Waals surface area contributed by atoms with Gasteiger partial charge in [-0.05, 0) is 25.0 Å². The highest BCUT2D eigenvalue weighted by molar-refractivity contribution is 6.04. The number of likely N-dealkylation sites (N-methyl/N-ethyl adjacent to an activating group) is 1. The molecule has 3 rings (SSSR count). The summed E-state index contributed by atoms with van der Waals surface area (Å²) >= 11 is 0. The Kier molecular flexibility index (Phi) is 3.34. The predicted molar refractivity (Wildman–Crippen MR) is 75.9 cm³/mol. The Balaban J connectivity index is 1.86. The highest BCUT2D eigenvalue weighted by atomic mass is 16.5. The van der Waals surface area contributed by atoms with Gasteiger partial charge in [-0.2, -0.15) is 0 Å². The van der Waals surface area contributed by atoms with Gasteiger partial charge in [-0.15, -0.1) is 0 Å². The van der Waals surface area contributed by atoms with Crippen molar-refractivity contribution < 1.29 is 14.3 Å². The number of carbonyl (C=O) groups is 2. The second-order valence-corrected chi connectivity index (χ2v) is 5.36. The van der Waals surface area contributed by atoms with E-state index in [0.29, 0.717) is 17.1 Å². The molecule has 0 unspecified atom stereocenters. The quantitative estimate of drug-likeness (QED) is 0.899. The van der Waals surface area contributed by atoms with E-state index in [1.807, 2.05) is 18.2 Å². The lowest BCUT2D eigenvalue weighted by Gasteiger charge is -2.28. The topological polar surface area (TPSA) is 58.6 Å². The van der Waals surface area contributed by atoms with Gasteiger partial charge < -0.3 is 15.0 Å². The van der Waals surface area contributed by atoms with Crippen LogP contribution in [0.15, 0.2) is 18.2 Å². The second-order valence-electron chi connectivity index (χ2n) is 5.36. The molecule has 0 saturated heterocycles. The molecule has 2 aliphatic rings. The first-order chi connectivity index (χ1) is 9.66. The Morgan fingerprint density at radius 1 is 1.35 bits per heavy atom. The molecule has 0 bridgehead atoms. The third kappa shape index (κ3) is 2.24. The van der Waals surface area contributed by atoms with Crippen LogP contribution in [0.25, 0.3) is 0 Å². The van der Waals surface area contributed by atoms with Gasteiger partial charge in [0.1, 0.15) is 11.4 Å². The van der Waals surface area contributed by atoms with E-state index in [-0.39, 0.29) is 24.3 Å². The molecule has 1 fully saturated rings. The number of carbonyl (C=O) groups excluding carboxylic acids is 2. The monoisotopic (exact) mass is 274 g/mol.